The Hall–Kier alpha value is -0.120. The number of hydrogen-bond donors (Lipinski definition) is 1. The van der Waals surface area contributed by atoms with E-state index in [2.05, 4.69) is 31.0 Å². The standard InChI is InChI=1S/C18H38N2O/c1-18(2,3)11-8-10-17(21-4)9-6-5-7-14-20-15-12-19-13-16-20/h17,19H,5-16H2,1-4H3/t17-/m1/s1. The molecule has 0 aromatic heterocycles. The van der Waals surface area contributed by atoms with Crippen molar-refractivity contribution in [2.75, 3.05) is 39.8 Å². The van der Waals surface area contributed by atoms with E-state index < -0.39 is 0 Å². The van der Waals surface area contributed by atoms with Crippen molar-refractivity contribution in [2.45, 2.75) is 71.8 Å². The number of unbranched alkanes of at least 4 members (excludes halogenated alkanes) is 2. The van der Waals surface area contributed by atoms with Crippen molar-refractivity contribution in [1.29, 1.82) is 0 Å². The molecule has 126 valence electrons. The van der Waals surface area contributed by atoms with Crippen molar-refractivity contribution < 1.29 is 4.74 Å². The van der Waals surface area contributed by atoms with Gasteiger partial charge in [0.2, 0.25) is 0 Å². The first-order chi connectivity index (χ1) is 10.0. The van der Waals surface area contributed by atoms with Gasteiger partial charge in [-0.25, -0.2) is 0 Å². The van der Waals surface area contributed by atoms with Gasteiger partial charge in [-0.3, -0.25) is 0 Å². The predicted molar refractivity (Wildman–Crippen MR) is 91.9 cm³/mol. The van der Waals surface area contributed by atoms with E-state index in [4.69, 9.17) is 4.74 Å². The molecule has 3 nitrogen and oxygen atoms in total. The Bertz CT molecular complexity index is 244. The molecule has 1 aliphatic rings. The number of methoxy groups -OCH3 is 1. The highest BCUT2D eigenvalue weighted by Crippen LogP contribution is 2.23. The summed E-state index contributed by atoms with van der Waals surface area (Å²) in [6.45, 7) is 13.0. The Morgan fingerprint density at radius 2 is 1.67 bits per heavy atom. The number of rotatable bonds is 10. The van der Waals surface area contributed by atoms with Crippen molar-refractivity contribution in [3.05, 3.63) is 0 Å². The highest BCUT2D eigenvalue weighted by Gasteiger charge is 2.13. The number of hydrogen-bond acceptors (Lipinski definition) is 3. The van der Waals surface area contributed by atoms with Gasteiger partial charge in [-0.1, -0.05) is 40.0 Å². The molecule has 1 heterocycles. The largest absolute Gasteiger partial charge is 0.381 e. The summed E-state index contributed by atoms with van der Waals surface area (Å²) in [4.78, 5) is 2.59. The molecule has 1 fully saturated rings. The van der Waals surface area contributed by atoms with Crippen molar-refractivity contribution in [3.63, 3.8) is 0 Å². The van der Waals surface area contributed by atoms with E-state index >= 15 is 0 Å². The van der Waals surface area contributed by atoms with Crippen LogP contribution in [0, 0.1) is 5.41 Å². The van der Waals surface area contributed by atoms with Crippen LogP contribution < -0.4 is 5.32 Å². The Kier molecular flexibility index (Phi) is 9.54. The second-order valence-corrected chi connectivity index (χ2v) is 7.75. The first-order valence-electron chi connectivity index (χ1n) is 8.97. The van der Waals surface area contributed by atoms with Gasteiger partial charge in [0.15, 0.2) is 0 Å². The average Bonchev–Trinajstić information content (AvgIpc) is 2.45. The molecule has 0 spiro atoms. The van der Waals surface area contributed by atoms with Crippen LogP contribution in [-0.2, 0) is 4.74 Å². The second kappa shape index (κ2) is 10.6. The van der Waals surface area contributed by atoms with Crippen LogP contribution in [0.1, 0.15) is 65.7 Å². The fraction of sp³-hybridized carbons (Fsp3) is 1.00. The summed E-state index contributed by atoms with van der Waals surface area (Å²) in [5.41, 5.74) is 0.460. The fourth-order valence-corrected chi connectivity index (χ4v) is 3.06. The Morgan fingerprint density at radius 3 is 2.29 bits per heavy atom. The highest BCUT2D eigenvalue weighted by atomic mass is 16.5. The molecule has 0 unspecified atom stereocenters. The smallest absolute Gasteiger partial charge is 0.0571 e. The lowest BCUT2D eigenvalue weighted by molar-refractivity contribution is 0.0806. The van der Waals surface area contributed by atoms with Crippen molar-refractivity contribution in [3.8, 4) is 0 Å². The van der Waals surface area contributed by atoms with Gasteiger partial charge < -0.3 is 15.0 Å². The normalized spacial score (nSPS) is 18.9. The first-order valence-corrected chi connectivity index (χ1v) is 8.97. The molecule has 0 radical (unpaired) electrons. The lowest BCUT2D eigenvalue weighted by atomic mass is 9.89. The summed E-state index contributed by atoms with van der Waals surface area (Å²) in [5.74, 6) is 0. The van der Waals surface area contributed by atoms with Crippen LogP contribution in [0.3, 0.4) is 0 Å². The van der Waals surface area contributed by atoms with Crippen molar-refractivity contribution in [1.82, 2.24) is 10.2 Å². The monoisotopic (exact) mass is 298 g/mol. The maximum absolute atomic E-state index is 5.64. The molecule has 1 saturated heterocycles. The zero-order valence-electron chi connectivity index (χ0n) is 14.9. The molecule has 21 heavy (non-hydrogen) atoms. The van der Waals surface area contributed by atoms with Gasteiger partial charge >= 0.3 is 0 Å². The zero-order chi connectivity index (χ0) is 15.6. The van der Waals surface area contributed by atoms with Gasteiger partial charge in [0.25, 0.3) is 0 Å². The molecule has 0 amide bonds. The highest BCUT2D eigenvalue weighted by molar-refractivity contribution is 4.68. The van der Waals surface area contributed by atoms with Crippen LogP contribution in [0.4, 0.5) is 0 Å². The van der Waals surface area contributed by atoms with E-state index in [0.29, 0.717) is 11.5 Å². The molecule has 0 aliphatic carbocycles. The third kappa shape index (κ3) is 10.3. The zero-order valence-corrected chi connectivity index (χ0v) is 14.9. The molecule has 0 aromatic carbocycles. The molecular formula is C18H38N2O. The number of nitrogens with one attached hydrogen (secondary N) is 1. The lowest BCUT2D eigenvalue weighted by Gasteiger charge is -2.27. The summed E-state index contributed by atoms with van der Waals surface area (Å²) >= 11 is 0. The number of ether oxygens (including phenoxy) is 1. The van der Waals surface area contributed by atoms with Gasteiger partial charge in [-0.2, -0.15) is 0 Å². The van der Waals surface area contributed by atoms with Crippen LogP contribution in [0.5, 0.6) is 0 Å². The molecule has 1 atom stereocenters. The van der Waals surface area contributed by atoms with Crippen molar-refractivity contribution >= 4 is 0 Å². The molecule has 0 saturated carbocycles. The van der Waals surface area contributed by atoms with Crippen molar-refractivity contribution in [2.24, 2.45) is 5.41 Å². The Labute approximate surface area is 132 Å². The molecule has 0 aromatic rings. The SMILES string of the molecule is CO[C@H](CCCCCN1CCNCC1)CCCC(C)(C)C. The minimum atomic E-state index is 0.460. The van der Waals surface area contributed by atoms with E-state index in [1.165, 1.54) is 77.7 Å². The molecule has 0 bridgehead atoms. The number of piperazine rings is 1. The summed E-state index contributed by atoms with van der Waals surface area (Å²) in [6, 6.07) is 0. The summed E-state index contributed by atoms with van der Waals surface area (Å²) in [5, 5.41) is 3.41. The third-order valence-electron chi connectivity index (χ3n) is 4.50. The van der Waals surface area contributed by atoms with Crippen LogP contribution in [0.25, 0.3) is 0 Å². The van der Waals surface area contributed by atoms with E-state index in [1.54, 1.807) is 0 Å². The van der Waals surface area contributed by atoms with E-state index in [-0.39, 0.29) is 0 Å². The maximum Gasteiger partial charge on any atom is 0.0571 e. The van der Waals surface area contributed by atoms with E-state index in [9.17, 15) is 0 Å². The van der Waals surface area contributed by atoms with Gasteiger partial charge in [0, 0.05) is 33.3 Å². The van der Waals surface area contributed by atoms with Crippen LogP contribution >= 0.6 is 0 Å². The molecule has 3 heteroatoms. The number of nitrogens with zero attached hydrogens (tertiary/aromatic N) is 1. The van der Waals surface area contributed by atoms with Gasteiger partial charge in [-0.15, -0.1) is 0 Å². The lowest BCUT2D eigenvalue weighted by Crippen LogP contribution is -2.43. The maximum atomic E-state index is 5.64. The molecule has 1 N–H and O–H groups in total. The van der Waals surface area contributed by atoms with Gasteiger partial charge in [0.1, 0.15) is 0 Å². The van der Waals surface area contributed by atoms with Crippen LogP contribution in [-0.4, -0.2) is 50.8 Å². The van der Waals surface area contributed by atoms with E-state index in [1.807, 2.05) is 7.11 Å². The Balaban J connectivity index is 1.98. The Morgan fingerprint density at radius 1 is 1.00 bits per heavy atom. The molecular weight excluding hydrogens is 260 g/mol. The van der Waals surface area contributed by atoms with Gasteiger partial charge in [0.05, 0.1) is 6.10 Å². The quantitative estimate of drug-likeness (QED) is 0.623. The van der Waals surface area contributed by atoms with E-state index in [0.717, 1.165) is 0 Å². The minimum absolute atomic E-state index is 0.460. The fourth-order valence-electron chi connectivity index (χ4n) is 3.06. The first kappa shape index (κ1) is 18.9. The summed E-state index contributed by atoms with van der Waals surface area (Å²) in [7, 11) is 1.88. The third-order valence-corrected chi connectivity index (χ3v) is 4.50. The van der Waals surface area contributed by atoms with Gasteiger partial charge in [-0.05, 0) is 37.6 Å². The molecule has 1 aliphatic heterocycles. The van der Waals surface area contributed by atoms with Crippen LogP contribution in [0.15, 0.2) is 0 Å². The minimum Gasteiger partial charge on any atom is -0.381 e. The summed E-state index contributed by atoms with van der Waals surface area (Å²) < 4.78 is 5.64. The predicted octanol–water partition coefficient (Wildman–Crippen LogP) is 3.68. The average molecular weight is 299 g/mol. The second-order valence-electron chi connectivity index (χ2n) is 7.75. The topological polar surface area (TPSA) is 24.5 Å². The molecule has 1 rings (SSSR count). The van der Waals surface area contributed by atoms with Crippen LogP contribution in [0.2, 0.25) is 0 Å². The summed E-state index contributed by atoms with van der Waals surface area (Å²) in [6.07, 6.45) is 9.56.